The second-order valence-corrected chi connectivity index (χ2v) is 5.98. The summed E-state index contributed by atoms with van der Waals surface area (Å²) in [5.41, 5.74) is 2.92. The molecule has 0 radical (unpaired) electrons. The SMILES string of the molecule is CC(NCC1Cc2ccccc2CN1)c1nccs1. The summed E-state index contributed by atoms with van der Waals surface area (Å²) in [4.78, 5) is 4.35. The fraction of sp³-hybridized carbons (Fsp3) is 0.400. The van der Waals surface area contributed by atoms with Crippen LogP contribution in [0.4, 0.5) is 0 Å². The number of thiazole rings is 1. The minimum Gasteiger partial charge on any atom is -0.308 e. The summed E-state index contributed by atoms with van der Waals surface area (Å²) >= 11 is 1.71. The van der Waals surface area contributed by atoms with Gasteiger partial charge in [0.2, 0.25) is 0 Å². The van der Waals surface area contributed by atoms with Crippen LogP contribution in [0, 0.1) is 0 Å². The van der Waals surface area contributed by atoms with Crippen LogP contribution in [-0.4, -0.2) is 17.6 Å². The smallest absolute Gasteiger partial charge is 0.109 e. The summed E-state index contributed by atoms with van der Waals surface area (Å²) in [7, 11) is 0. The summed E-state index contributed by atoms with van der Waals surface area (Å²) in [5.74, 6) is 0. The Hall–Kier alpha value is -1.23. The van der Waals surface area contributed by atoms with E-state index in [4.69, 9.17) is 0 Å². The molecule has 2 aromatic rings. The van der Waals surface area contributed by atoms with Gasteiger partial charge in [-0.15, -0.1) is 11.3 Å². The molecule has 0 amide bonds. The largest absolute Gasteiger partial charge is 0.308 e. The number of nitrogens with zero attached hydrogens (tertiary/aromatic N) is 1. The first-order chi connectivity index (χ1) is 9.33. The third-order valence-electron chi connectivity index (χ3n) is 3.66. The first-order valence-corrected chi connectivity index (χ1v) is 7.64. The average molecular weight is 273 g/mol. The lowest BCUT2D eigenvalue weighted by Gasteiger charge is -2.27. The number of hydrogen-bond donors (Lipinski definition) is 2. The Balaban J connectivity index is 1.55. The third kappa shape index (κ3) is 3.03. The molecule has 2 atom stereocenters. The molecule has 1 aliphatic rings. The highest BCUT2D eigenvalue weighted by molar-refractivity contribution is 7.09. The second kappa shape index (κ2) is 5.82. The van der Waals surface area contributed by atoms with Crippen molar-refractivity contribution < 1.29 is 0 Å². The van der Waals surface area contributed by atoms with E-state index in [1.165, 1.54) is 11.1 Å². The molecule has 0 aliphatic carbocycles. The molecule has 2 heterocycles. The maximum absolute atomic E-state index is 4.35. The Morgan fingerprint density at radius 1 is 1.42 bits per heavy atom. The number of hydrogen-bond acceptors (Lipinski definition) is 4. The van der Waals surface area contributed by atoms with Gasteiger partial charge >= 0.3 is 0 Å². The van der Waals surface area contributed by atoms with Gasteiger partial charge in [0, 0.05) is 30.7 Å². The normalized spacial score (nSPS) is 19.9. The van der Waals surface area contributed by atoms with E-state index in [0.717, 1.165) is 24.5 Å². The summed E-state index contributed by atoms with van der Waals surface area (Å²) in [6.45, 7) is 4.14. The summed E-state index contributed by atoms with van der Waals surface area (Å²) in [6.07, 6.45) is 2.97. The molecular weight excluding hydrogens is 254 g/mol. The topological polar surface area (TPSA) is 37.0 Å². The zero-order valence-electron chi connectivity index (χ0n) is 11.1. The van der Waals surface area contributed by atoms with E-state index in [2.05, 4.69) is 46.8 Å². The van der Waals surface area contributed by atoms with Crippen LogP contribution in [0.25, 0.3) is 0 Å². The van der Waals surface area contributed by atoms with Crippen LogP contribution < -0.4 is 10.6 Å². The molecule has 2 unspecified atom stereocenters. The van der Waals surface area contributed by atoms with E-state index in [9.17, 15) is 0 Å². The first kappa shape index (κ1) is 12.8. The highest BCUT2D eigenvalue weighted by atomic mass is 32.1. The zero-order chi connectivity index (χ0) is 13.1. The lowest BCUT2D eigenvalue weighted by molar-refractivity contribution is 0.425. The van der Waals surface area contributed by atoms with Crippen molar-refractivity contribution in [2.24, 2.45) is 0 Å². The van der Waals surface area contributed by atoms with Crippen molar-refractivity contribution in [2.75, 3.05) is 6.54 Å². The van der Waals surface area contributed by atoms with Gasteiger partial charge in [-0.2, -0.15) is 0 Å². The average Bonchev–Trinajstić information content (AvgIpc) is 2.99. The molecule has 3 rings (SSSR count). The minimum atomic E-state index is 0.332. The highest BCUT2D eigenvalue weighted by Crippen LogP contribution is 2.18. The van der Waals surface area contributed by atoms with Crippen molar-refractivity contribution in [1.82, 2.24) is 15.6 Å². The lowest BCUT2D eigenvalue weighted by Crippen LogP contribution is -2.43. The zero-order valence-corrected chi connectivity index (χ0v) is 11.9. The molecule has 19 heavy (non-hydrogen) atoms. The minimum absolute atomic E-state index is 0.332. The van der Waals surface area contributed by atoms with Gasteiger partial charge in [-0.1, -0.05) is 24.3 Å². The van der Waals surface area contributed by atoms with Crippen LogP contribution in [0.3, 0.4) is 0 Å². The van der Waals surface area contributed by atoms with Crippen LogP contribution >= 0.6 is 11.3 Å². The van der Waals surface area contributed by atoms with Crippen molar-refractivity contribution in [1.29, 1.82) is 0 Å². The molecule has 0 saturated heterocycles. The molecule has 2 N–H and O–H groups in total. The van der Waals surface area contributed by atoms with E-state index in [0.29, 0.717) is 12.1 Å². The Morgan fingerprint density at radius 3 is 3.05 bits per heavy atom. The van der Waals surface area contributed by atoms with Crippen LogP contribution in [0.2, 0.25) is 0 Å². The molecule has 4 heteroatoms. The summed E-state index contributed by atoms with van der Waals surface area (Å²) < 4.78 is 0. The lowest BCUT2D eigenvalue weighted by atomic mass is 9.96. The third-order valence-corrected chi connectivity index (χ3v) is 4.62. The quantitative estimate of drug-likeness (QED) is 0.899. The van der Waals surface area contributed by atoms with Crippen LogP contribution in [0.15, 0.2) is 35.8 Å². The number of benzene rings is 1. The van der Waals surface area contributed by atoms with Gasteiger partial charge in [0.25, 0.3) is 0 Å². The Labute approximate surface area is 118 Å². The van der Waals surface area contributed by atoms with Crippen molar-refractivity contribution in [2.45, 2.75) is 32.0 Å². The molecular formula is C15H19N3S. The fourth-order valence-corrected chi connectivity index (χ4v) is 3.19. The molecule has 1 aliphatic heterocycles. The standard InChI is InChI=1S/C15H19N3S/c1-11(15-16-6-7-19-15)17-10-14-8-12-4-2-3-5-13(12)9-18-14/h2-7,11,14,17-18H,8-10H2,1H3. The Kier molecular flexibility index (Phi) is 3.92. The van der Waals surface area contributed by atoms with Crippen molar-refractivity contribution in [3.63, 3.8) is 0 Å². The number of rotatable bonds is 4. The van der Waals surface area contributed by atoms with Gasteiger partial charge in [0.05, 0.1) is 6.04 Å². The maximum atomic E-state index is 4.35. The molecule has 1 aromatic carbocycles. The molecule has 100 valence electrons. The Bertz CT molecular complexity index is 524. The second-order valence-electron chi connectivity index (χ2n) is 5.05. The first-order valence-electron chi connectivity index (χ1n) is 6.76. The highest BCUT2D eigenvalue weighted by Gasteiger charge is 2.18. The van der Waals surface area contributed by atoms with E-state index in [-0.39, 0.29) is 0 Å². The summed E-state index contributed by atoms with van der Waals surface area (Å²) in [6, 6.07) is 9.55. The van der Waals surface area contributed by atoms with Gasteiger partial charge < -0.3 is 10.6 Å². The maximum Gasteiger partial charge on any atom is 0.109 e. The number of nitrogens with one attached hydrogen (secondary N) is 2. The van der Waals surface area contributed by atoms with E-state index in [1.54, 1.807) is 11.3 Å². The number of aromatic nitrogens is 1. The van der Waals surface area contributed by atoms with Crippen LogP contribution in [-0.2, 0) is 13.0 Å². The predicted octanol–water partition coefficient (Wildman–Crippen LogP) is 2.51. The van der Waals surface area contributed by atoms with E-state index < -0.39 is 0 Å². The van der Waals surface area contributed by atoms with Crippen molar-refractivity contribution >= 4 is 11.3 Å². The van der Waals surface area contributed by atoms with Crippen molar-refractivity contribution in [3.05, 3.63) is 52.0 Å². The van der Waals surface area contributed by atoms with Gasteiger partial charge in [-0.3, -0.25) is 0 Å². The molecule has 0 saturated carbocycles. The predicted molar refractivity (Wildman–Crippen MR) is 79.3 cm³/mol. The monoisotopic (exact) mass is 273 g/mol. The molecule has 1 aromatic heterocycles. The van der Waals surface area contributed by atoms with Gasteiger partial charge in [0.1, 0.15) is 5.01 Å². The number of fused-ring (bicyclic) bond motifs is 1. The summed E-state index contributed by atoms with van der Waals surface area (Å²) in [5, 5.41) is 10.4. The fourth-order valence-electron chi connectivity index (χ4n) is 2.52. The Morgan fingerprint density at radius 2 is 2.26 bits per heavy atom. The molecule has 0 bridgehead atoms. The van der Waals surface area contributed by atoms with Gasteiger partial charge in [-0.25, -0.2) is 4.98 Å². The van der Waals surface area contributed by atoms with Crippen LogP contribution in [0.1, 0.15) is 29.1 Å². The van der Waals surface area contributed by atoms with Crippen molar-refractivity contribution in [3.8, 4) is 0 Å². The van der Waals surface area contributed by atoms with Gasteiger partial charge in [-0.05, 0) is 24.5 Å². The van der Waals surface area contributed by atoms with Gasteiger partial charge in [0.15, 0.2) is 0 Å². The van der Waals surface area contributed by atoms with E-state index in [1.807, 2.05) is 11.6 Å². The molecule has 0 spiro atoms. The molecule has 0 fully saturated rings. The van der Waals surface area contributed by atoms with E-state index >= 15 is 0 Å². The molecule has 3 nitrogen and oxygen atoms in total. The van der Waals surface area contributed by atoms with Crippen LogP contribution in [0.5, 0.6) is 0 Å².